The van der Waals surface area contributed by atoms with Crippen LogP contribution in [-0.2, 0) is 54.5 Å². The molecular weight excluding hydrogens is 857 g/mol. The number of aryl methyl sites for hydroxylation is 1. The highest BCUT2D eigenvalue weighted by Gasteiger charge is 2.37. The number of amides is 3. The lowest BCUT2D eigenvalue weighted by atomic mass is 9.83. The van der Waals surface area contributed by atoms with Crippen molar-refractivity contribution in [3.63, 3.8) is 0 Å². The number of fused-ring (bicyclic) bond motifs is 6. The van der Waals surface area contributed by atoms with Crippen LogP contribution in [0.1, 0.15) is 70.6 Å². The molecule has 3 aromatic carbocycles. The Morgan fingerprint density at radius 3 is 2.48 bits per heavy atom. The minimum absolute atomic E-state index is 0. The van der Waals surface area contributed by atoms with Crippen LogP contribution < -0.4 is 16.5 Å². The number of likely N-dealkylation sites (N-methyl/N-ethyl adjacent to an activating group) is 1. The molecule has 1 saturated heterocycles. The number of hydrazine groups is 1. The SMILES string of the molecule is CCn1c(-c2ccccc2CCOC)c2c3cc(ccc31)-c1cc(O)cc(c1)C[C@H](NC(=O)[C@H](C(C)C)N(C)C(=O)CCN)C(=O)N1CCC[C@H](N1)C(=O)OCC(C)(C)C2.S.S.S. The monoisotopic (exact) mass is 924 g/mol. The summed E-state index contributed by atoms with van der Waals surface area (Å²) in [5.74, 6) is -1.94. The minimum atomic E-state index is -1.11. The standard InChI is InChI=1S/C47H62N6O7.3H2S/c1-8-52-40-16-15-32-26-36(40)37(43(52)35-13-10-9-12-31(35)18-21-59-7)27-47(4,5)28-60-46(58)38-14-11-20-53(50-38)45(57)39(24-30-22-33(32)25-34(54)23-30)49-44(56)42(29(2)3)51(6)41(55)17-19-48;;;/h9-10,12-13,15-16,22-23,25-26,29,38-39,42,50,54H,8,11,14,17-21,24,27-28,48H2,1-7H3,(H,49,56);3*1H2/t38-,39-,42-;;;/m0.../s1. The van der Waals surface area contributed by atoms with E-state index in [-0.39, 0.29) is 84.1 Å². The average molecular weight is 925 g/mol. The fraction of sp³-hybridized carbons (Fsp3) is 0.489. The number of nitrogens with one attached hydrogen (secondary N) is 2. The van der Waals surface area contributed by atoms with E-state index in [0.29, 0.717) is 38.0 Å². The fourth-order valence-electron chi connectivity index (χ4n) is 8.83. The Kier molecular flexibility index (Phi) is 19.5. The van der Waals surface area contributed by atoms with Gasteiger partial charge in [0.1, 0.15) is 23.9 Å². The van der Waals surface area contributed by atoms with Gasteiger partial charge < -0.3 is 35.1 Å². The average Bonchev–Trinajstić information content (AvgIpc) is 3.52. The van der Waals surface area contributed by atoms with Crippen molar-refractivity contribution in [2.45, 2.75) is 97.8 Å². The smallest absolute Gasteiger partial charge is 0.324 e. The number of hydrogen-bond donors (Lipinski definition) is 4. The first kappa shape index (κ1) is 53.2. The van der Waals surface area contributed by atoms with Gasteiger partial charge >= 0.3 is 5.97 Å². The van der Waals surface area contributed by atoms with Crippen molar-refractivity contribution < 1.29 is 33.8 Å². The first-order valence-corrected chi connectivity index (χ1v) is 21.2. The van der Waals surface area contributed by atoms with Crippen molar-refractivity contribution in [3.8, 4) is 28.1 Å². The lowest BCUT2D eigenvalue weighted by Gasteiger charge is -2.36. The molecule has 0 radical (unpaired) electrons. The number of ether oxygens (including phenoxy) is 2. The molecule has 6 bridgehead atoms. The molecule has 2 aliphatic rings. The summed E-state index contributed by atoms with van der Waals surface area (Å²) in [6, 6.07) is 17.2. The molecule has 3 atom stereocenters. The zero-order valence-corrected chi connectivity index (χ0v) is 40.7. The number of carbonyl (C=O) groups excluding carboxylic acids is 4. The van der Waals surface area contributed by atoms with Gasteiger partial charge in [-0.1, -0.05) is 64.1 Å². The van der Waals surface area contributed by atoms with Crippen molar-refractivity contribution in [1.29, 1.82) is 0 Å². The van der Waals surface area contributed by atoms with Crippen LogP contribution in [0.3, 0.4) is 0 Å². The molecule has 3 heterocycles. The maximum absolute atomic E-state index is 14.5. The van der Waals surface area contributed by atoms with Gasteiger partial charge in [0.2, 0.25) is 11.8 Å². The lowest BCUT2D eigenvalue weighted by Crippen LogP contribution is -2.62. The molecule has 13 nitrogen and oxygen atoms in total. The second-order valence-electron chi connectivity index (χ2n) is 17.4. The zero-order valence-electron chi connectivity index (χ0n) is 37.7. The van der Waals surface area contributed by atoms with E-state index < -0.39 is 41.3 Å². The van der Waals surface area contributed by atoms with Crippen LogP contribution in [0.2, 0.25) is 0 Å². The summed E-state index contributed by atoms with van der Waals surface area (Å²) < 4.78 is 13.9. The molecule has 63 heavy (non-hydrogen) atoms. The largest absolute Gasteiger partial charge is 0.508 e. The molecule has 16 heteroatoms. The topological polar surface area (TPSA) is 168 Å². The van der Waals surface area contributed by atoms with Crippen LogP contribution in [-0.4, -0.2) is 102 Å². The van der Waals surface area contributed by atoms with Gasteiger partial charge in [0.05, 0.1) is 18.9 Å². The number of cyclic esters (lactones) is 1. The number of phenolic OH excluding ortho intramolecular Hbond substituents is 1. The maximum Gasteiger partial charge on any atom is 0.324 e. The minimum Gasteiger partial charge on any atom is -0.508 e. The Morgan fingerprint density at radius 1 is 1.06 bits per heavy atom. The third kappa shape index (κ3) is 12.1. The van der Waals surface area contributed by atoms with Gasteiger partial charge in [-0.25, -0.2) is 5.43 Å². The molecule has 1 fully saturated rings. The summed E-state index contributed by atoms with van der Waals surface area (Å²) >= 11 is 0. The van der Waals surface area contributed by atoms with Crippen molar-refractivity contribution >= 4 is 75.1 Å². The molecule has 0 aliphatic carbocycles. The second kappa shape index (κ2) is 23.1. The predicted molar refractivity (Wildman–Crippen MR) is 264 cm³/mol. The van der Waals surface area contributed by atoms with E-state index in [4.69, 9.17) is 15.2 Å². The summed E-state index contributed by atoms with van der Waals surface area (Å²) in [6.45, 7) is 11.9. The summed E-state index contributed by atoms with van der Waals surface area (Å²) in [5, 5.41) is 16.6. The number of nitrogens with zero attached hydrogens (tertiary/aromatic N) is 3. The van der Waals surface area contributed by atoms with Gasteiger partial charge in [-0.15, -0.1) is 0 Å². The molecule has 0 saturated carbocycles. The van der Waals surface area contributed by atoms with Crippen molar-refractivity contribution in [1.82, 2.24) is 25.2 Å². The Labute approximate surface area is 393 Å². The summed E-state index contributed by atoms with van der Waals surface area (Å²) in [4.78, 5) is 56.8. The molecule has 4 aromatic rings. The van der Waals surface area contributed by atoms with E-state index in [1.54, 1.807) is 26.3 Å². The van der Waals surface area contributed by atoms with Gasteiger partial charge in [0.15, 0.2) is 0 Å². The molecule has 5 N–H and O–H groups in total. The maximum atomic E-state index is 14.5. The number of esters is 1. The number of methoxy groups -OCH3 is 1. The lowest BCUT2D eigenvalue weighted by molar-refractivity contribution is -0.155. The Morgan fingerprint density at radius 2 is 1.79 bits per heavy atom. The highest BCUT2D eigenvalue weighted by atomic mass is 32.1. The number of benzene rings is 3. The van der Waals surface area contributed by atoms with Gasteiger partial charge in [0, 0.05) is 68.5 Å². The van der Waals surface area contributed by atoms with E-state index in [9.17, 15) is 24.3 Å². The Balaban J connectivity index is 0.00000352. The molecule has 0 spiro atoms. The van der Waals surface area contributed by atoms with Gasteiger partial charge in [-0.05, 0) is 90.6 Å². The highest BCUT2D eigenvalue weighted by molar-refractivity contribution is 7.59. The van der Waals surface area contributed by atoms with Crippen LogP contribution in [0.15, 0.2) is 60.7 Å². The number of carbonyl (C=O) groups is 4. The van der Waals surface area contributed by atoms with Gasteiger partial charge in [-0.3, -0.25) is 24.2 Å². The van der Waals surface area contributed by atoms with E-state index in [2.05, 4.69) is 72.5 Å². The quantitative estimate of drug-likeness (QED) is 0.138. The molecule has 3 amide bonds. The van der Waals surface area contributed by atoms with Crippen LogP contribution in [0.25, 0.3) is 33.3 Å². The molecular formula is C47H68N6O7S3. The number of rotatable bonds is 11. The summed E-state index contributed by atoms with van der Waals surface area (Å²) in [7, 11) is 3.28. The van der Waals surface area contributed by atoms with Crippen LogP contribution in [0.4, 0.5) is 0 Å². The molecule has 346 valence electrons. The van der Waals surface area contributed by atoms with Crippen molar-refractivity contribution in [3.05, 3.63) is 77.4 Å². The van der Waals surface area contributed by atoms with Crippen LogP contribution >= 0.6 is 40.5 Å². The van der Waals surface area contributed by atoms with Crippen LogP contribution in [0.5, 0.6) is 5.75 Å². The van der Waals surface area contributed by atoms with E-state index in [1.165, 1.54) is 15.5 Å². The molecule has 0 unspecified atom stereocenters. The third-order valence-electron chi connectivity index (χ3n) is 11.8. The number of hydrogen-bond acceptors (Lipinski definition) is 9. The summed E-state index contributed by atoms with van der Waals surface area (Å²) in [6.07, 6.45) is 2.45. The number of aromatic hydroxyl groups is 1. The van der Waals surface area contributed by atoms with E-state index in [1.807, 2.05) is 26.0 Å². The Hall–Kier alpha value is -4.19. The highest BCUT2D eigenvalue weighted by Crippen LogP contribution is 2.41. The number of phenols is 1. The molecule has 1 aromatic heterocycles. The van der Waals surface area contributed by atoms with E-state index in [0.717, 1.165) is 51.8 Å². The van der Waals surface area contributed by atoms with Crippen molar-refractivity contribution in [2.75, 3.05) is 40.5 Å². The first-order chi connectivity index (χ1) is 28.7. The molecule has 2 aliphatic heterocycles. The summed E-state index contributed by atoms with van der Waals surface area (Å²) in [5.41, 5.74) is 16.1. The first-order valence-electron chi connectivity index (χ1n) is 21.2. The number of aromatic nitrogens is 1. The van der Waals surface area contributed by atoms with Crippen LogP contribution in [0, 0.1) is 11.3 Å². The van der Waals surface area contributed by atoms with Crippen molar-refractivity contribution in [2.24, 2.45) is 17.1 Å². The van der Waals surface area contributed by atoms with Gasteiger partial charge in [-0.2, -0.15) is 40.5 Å². The molecule has 6 rings (SSSR count). The zero-order chi connectivity index (χ0) is 43.3. The van der Waals surface area contributed by atoms with E-state index >= 15 is 0 Å². The third-order valence-corrected chi connectivity index (χ3v) is 11.8. The second-order valence-corrected chi connectivity index (χ2v) is 17.4. The normalized spacial score (nSPS) is 18.0. The van der Waals surface area contributed by atoms with Gasteiger partial charge in [0.25, 0.3) is 5.91 Å². The Bertz CT molecular complexity index is 2230. The fourth-order valence-corrected chi connectivity index (χ4v) is 8.83. The predicted octanol–water partition coefficient (Wildman–Crippen LogP) is 5.71. The number of nitrogens with two attached hydrogens (primary N) is 1.